The van der Waals surface area contributed by atoms with Crippen molar-refractivity contribution in [2.75, 3.05) is 26.8 Å². The maximum Gasteiger partial charge on any atom is 0.332 e. The molecular formula is C13H30N2O3. The van der Waals surface area contributed by atoms with Crippen LogP contribution in [-0.2, 0) is 4.79 Å². The first-order chi connectivity index (χ1) is 8.45. The third-order valence-electron chi connectivity index (χ3n) is 2.30. The fourth-order valence-electron chi connectivity index (χ4n) is 1.23. The molecule has 0 rings (SSSR count). The highest BCUT2D eigenvalue weighted by molar-refractivity contribution is 5.71. The SMILES string of the molecule is CC(O)C(=O)O.CCCCCNCN(C)CCC. The average Bonchev–Trinajstić information content (AvgIpc) is 2.30. The molecule has 0 radical (unpaired) electrons. The lowest BCUT2D eigenvalue weighted by atomic mass is 10.2. The number of unbranched alkanes of at least 4 members (excludes halogenated alkanes) is 2. The van der Waals surface area contributed by atoms with Gasteiger partial charge in [0, 0.05) is 6.67 Å². The number of rotatable bonds is 9. The van der Waals surface area contributed by atoms with Crippen molar-refractivity contribution in [3.8, 4) is 0 Å². The molecule has 0 aliphatic rings. The van der Waals surface area contributed by atoms with Crippen LogP contribution in [0.1, 0.15) is 46.5 Å². The highest BCUT2D eigenvalue weighted by atomic mass is 16.4. The fourth-order valence-corrected chi connectivity index (χ4v) is 1.23. The first-order valence-electron chi connectivity index (χ1n) is 6.75. The summed E-state index contributed by atoms with van der Waals surface area (Å²) in [6.07, 6.45) is 3.99. The molecule has 0 spiro atoms. The molecule has 0 saturated carbocycles. The van der Waals surface area contributed by atoms with Gasteiger partial charge in [0.1, 0.15) is 6.10 Å². The van der Waals surface area contributed by atoms with Crippen molar-refractivity contribution in [1.82, 2.24) is 10.2 Å². The summed E-state index contributed by atoms with van der Waals surface area (Å²) in [5.41, 5.74) is 0. The van der Waals surface area contributed by atoms with E-state index >= 15 is 0 Å². The van der Waals surface area contributed by atoms with Crippen LogP contribution in [0.15, 0.2) is 0 Å². The van der Waals surface area contributed by atoms with E-state index in [9.17, 15) is 4.79 Å². The van der Waals surface area contributed by atoms with E-state index in [-0.39, 0.29) is 0 Å². The second kappa shape index (κ2) is 14.4. The molecule has 0 aromatic rings. The Kier molecular flexibility index (Phi) is 15.8. The maximum atomic E-state index is 9.45. The van der Waals surface area contributed by atoms with E-state index in [1.807, 2.05) is 0 Å². The van der Waals surface area contributed by atoms with Gasteiger partial charge in [-0.05, 0) is 39.9 Å². The van der Waals surface area contributed by atoms with E-state index in [4.69, 9.17) is 10.2 Å². The summed E-state index contributed by atoms with van der Waals surface area (Å²) < 4.78 is 0. The number of carboxylic acid groups (broad SMARTS) is 1. The van der Waals surface area contributed by atoms with Gasteiger partial charge < -0.3 is 15.5 Å². The number of aliphatic hydroxyl groups is 1. The third kappa shape index (κ3) is 17.7. The average molecular weight is 262 g/mol. The Bertz CT molecular complexity index is 187. The zero-order chi connectivity index (χ0) is 14.4. The van der Waals surface area contributed by atoms with Crippen LogP contribution in [0.25, 0.3) is 0 Å². The Balaban J connectivity index is 0. The number of hydrogen-bond donors (Lipinski definition) is 3. The highest BCUT2D eigenvalue weighted by Crippen LogP contribution is 1.91. The van der Waals surface area contributed by atoms with Gasteiger partial charge in [-0.1, -0.05) is 26.7 Å². The van der Waals surface area contributed by atoms with Crippen molar-refractivity contribution in [2.24, 2.45) is 0 Å². The molecule has 18 heavy (non-hydrogen) atoms. The van der Waals surface area contributed by atoms with Crippen LogP contribution in [0.3, 0.4) is 0 Å². The number of carboxylic acids is 1. The van der Waals surface area contributed by atoms with Crippen LogP contribution >= 0.6 is 0 Å². The van der Waals surface area contributed by atoms with Crippen molar-refractivity contribution in [2.45, 2.75) is 52.6 Å². The molecule has 0 aliphatic heterocycles. The first kappa shape index (κ1) is 19.7. The second-order valence-electron chi connectivity index (χ2n) is 4.46. The zero-order valence-corrected chi connectivity index (χ0v) is 12.3. The van der Waals surface area contributed by atoms with E-state index in [0.717, 1.165) is 6.67 Å². The Morgan fingerprint density at radius 3 is 2.22 bits per heavy atom. The summed E-state index contributed by atoms with van der Waals surface area (Å²) in [7, 11) is 2.16. The van der Waals surface area contributed by atoms with Gasteiger partial charge in [-0.25, -0.2) is 4.79 Å². The van der Waals surface area contributed by atoms with Gasteiger partial charge in [0.2, 0.25) is 0 Å². The summed E-state index contributed by atoms with van der Waals surface area (Å²) in [5.74, 6) is -1.19. The molecule has 5 nitrogen and oxygen atoms in total. The number of aliphatic carboxylic acids is 1. The lowest BCUT2D eigenvalue weighted by molar-refractivity contribution is -0.145. The molecule has 0 amide bonds. The molecule has 5 heteroatoms. The molecule has 0 saturated heterocycles. The van der Waals surface area contributed by atoms with Crippen LogP contribution in [0, 0.1) is 0 Å². The lowest BCUT2D eigenvalue weighted by Gasteiger charge is -2.15. The number of hydrogen-bond acceptors (Lipinski definition) is 4. The fraction of sp³-hybridized carbons (Fsp3) is 0.923. The minimum Gasteiger partial charge on any atom is -0.479 e. The van der Waals surface area contributed by atoms with Crippen LogP contribution in [0.2, 0.25) is 0 Å². The van der Waals surface area contributed by atoms with Gasteiger partial charge in [0.15, 0.2) is 0 Å². The van der Waals surface area contributed by atoms with Gasteiger partial charge >= 0.3 is 5.97 Å². The molecule has 0 heterocycles. The predicted octanol–water partition coefficient (Wildman–Crippen LogP) is 1.52. The Morgan fingerprint density at radius 2 is 1.83 bits per heavy atom. The lowest BCUT2D eigenvalue weighted by Crippen LogP contribution is -2.32. The third-order valence-corrected chi connectivity index (χ3v) is 2.30. The number of carbonyl (C=O) groups is 1. The van der Waals surface area contributed by atoms with Crippen LogP contribution in [-0.4, -0.2) is 54.0 Å². The maximum absolute atomic E-state index is 9.45. The molecule has 0 aromatic heterocycles. The van der Waals surface area contributed by atoms with E-state index in [1.54, 1.807) is 0 Å². The molecular weight excluding hydrogens is 232 g/mol. The van der Waals surface area contributed by atoms with Crippen molar-refractivity contribution in [3.63, 3.8) is 0 Å². The standard InChI is InChI=1S/C10H24N2.C3H6O3/c1-4-6-7-8-11-10-12(3)9-5-2;1-2(4)3(5)6/h11H,4-10H2,1-3H3;2,4H,1H3,(H,5,6). The van der Waals surface area contributed by atoms with E-state index < -0.39 is 12.1 Å². The quantitative estimate of drug-likeness (QED) is 0.434. The van der Waals surface area contributed by atoms with Crippen molar-refractivity contribution < 1.29 is 15.0 Å². The van der Waals surface area contributed by atoms with Gasteiger partial charge in [0.05, 0.1) is 0 Å². The van der Waals surface area contributed by atoms with Gasteiger partial charge in [-0.15, -0.1) is 0 Å². The zero-order valence-electron chi connectivity index (χ0n) is 12.3. The molecule has 1 unspecified atom stereocenters. The highest BCUT2D eigenvalue weighted by Gasteiger charge is 2.01. The summed E-state index contributed by atoms with van der Waals surface area (Å²) in [6.45, 7) is 9.05. The summed E-state index contributed by atoms with van der Waals surface area (Å²) in [5, 5.41) is 19.2. The van der Waals surface area contributed by atoms with Crippen molar-refractivity contribution in [3.05, 3.63) is 0 Å². The molecule has 0 fully saturated rings. The Morgan fingerprint density at radius 1 is 1.28 bits per heavy atom. The summed E-state index contributed by atoms with van der Waals surface area (Å²) >= 11 is 0. The van der Waals surface area contributed by atoms with Gasteiger partial charge in [0.25, 0.3) is 0 Å². The first-order valence-corrected chi connectivity index (χ1v) is 6.75. The topological polar surface area (TPSA) is 72.8 Å². The molecule has 0 aromatic carbocycles. The smallest absolute Gasteiger partial charge is 0.332 e. The summed E-state index contributed by atoms with van der Waals surface area (Å²) in [6, 6.07) is 0. The number of aliphatic hydroxyl groups excluding tert-OH is 1. The number of nitrogens with one attached hydrogen (secondary N) is 1. The minimum absolute atomic E-state index is 1.04. The Labute approximate surface area is 111 Å². The number of nitrogens with zero attached hydrogens (tertiary/aromatic N) is 1. The van der Waals surface area contributed by atoms with Crippen molar-refractivity contribution in [1.29, 1.82) is 0 Å². The van der Waals surface area contributed by atoms with Crippen LogP contribution < -0.4 is 5.32 Å². The molecule has 110 valence electrons. The van der Waals surface area contributed by atoms with Gasteiger partial charge in [-0.3, -0.25) is 4.90 Å². The van der Waals surface area contributed by atoms with Gasteiger partial charge in [-0.2, -0.15) is 0 Å². The largest absolute Gasteiger partial charge is 0.479 e. The van der Waals surface area contributed by atoms with Crippen LogP contribution in [0.4, 0.5) is 0 Å². The Hall–Kier alpha value is -0.650. The molecule has 0 bridgehead atoms. The second-order valence-corrected chi connectivity index (χ2v) is 4.46. The molecule has 1 atom stereocenters. The van der Waals surface area contributed by atoms with E-state index in [0.29, 0.717) is 0 Å². The minimum atomic E-state index is -1.23. The van der Waals surface area contributed by atoms with Crippen molar-refractivity contribution >= 4 is 5.97 Å². The van der Waals surface area contributed by atoms with E-state index in [1.165, 1.54) is 45.7 Å². The van der Waals surface area contributed by atoms with E-state index in [2.05, 4.69) is 31.1 Å². The monoisotopic (exact) mass is 262 g/mol. The normalized spacial score (nSPS) is 11.9. The summed E-state index contributed by atoms with van der Waals surface area (Å²) in [4.78, 5) is 11.8. The molecule has 0 aliphatic carbocycles. The van der Waals surface area contributed by atoms with Crippen LogP contribution in [0.5, 0.6) is 0 Å². The predicted molar refractivity (Wildman–Crippen MR) is 74.6 cm³/mol. The molecule has 3 N–H and O–H groups in total.